The zero-order chi connectivity index (χ0) is 87.6. The molecule has 0 saturated heterocycles. The van der Waals surface area contributed by atoms with Crippen LogP contribution in [-0.4, -0.2) is 14.1 Å². The average molecular weight is 1280 g/mol. The van der Waals surface area contributed by atoms with Crippen molar-refractivity contribution in [3.8, 4) is 50.9 Å². The second kappa shape index (κ2) is 18.8. The molecule has 408 valence electrons. The molecule has 81 heavy (non-hydrogen) atoms. The number of pyridine rings is 1. The maximum atomic E-state index is 10.6. The summed E-state index contributed by atoms with van der Waals surface area (Å²) >= 11 is 0. The van der Waals surface area contributed by atoms with Crippen molar-refractivity contribution in [2.45, 2.75) is 128 Å². The maximum Gasteiger partial charge on any atom is 0.268 e. The van der Waals surface area contributed by atoms with Crippen molar-refractivity contribution in [3.63, 3.8) is 0 Å². The van der Waals surface area contributed by atoms with Gasteiger partial charge < -0.3 is 18.3 Å². The number of benzene rings is 8. The summed E-state index contributed by atoms with van der Waals surface area (Å²) in [6, 6.07) is 27.2. The number of imidazole rings is 1. The van der Waals surface area contributed by atoms with E-state index in [1.54, 1.807) is 30.5 Å². The SMILES string of the molecule is [2H]c1c([2H])c2c(c([2H])c1-c1cccc(-c3c([2H])c([2H])c4c(c3[2H])C(C([2H])([2H])[2H])(C([2H])([2H])[2H])C([2H])([2H])C([2H])([2H])C4(C([2H])([2H])[2H])C([2H])([2H])[2H])c1-[n+]1[c-]n(-c3[c-]c(Oc4[c-]c5c(cc4)c4ccccc4n5-c4cc(C(C)(C)C)ccn4)ccc3)c3ccc4oc5ccccc5c4c31)C(C([2H])([2H])[2H])(C([2H])([2H])[2H])C([2H])([2H])C([2H])([2H])C2(C([2H])([2H])[2H])C([2H])([2H])[2H].[Pt]. The molecule has 0 radical (unpaired) electrons. The van der Waals surface area contributed by atoms with Crippen LogP contribution in [0.3, 0.4) is 0 Å². The number of rotatable bonds is 7. The molecule has 0 atom stereocenters. The quantitative estimate of drug-likeness (QED) is 0.118. The van der Waals surface area contributed by atoms with E-state index in [4.69, 9.17) is 47.0 Å². The first-order valence-electron chi connectivity index (χ1n) is 44.2. The van der Waals surface area contributed by atoms with Crippen molar-refractivity contribution in [3.05, 3.63) is 210 Å². The monoisotopic (exact) mass is 1280 g/mol. The van der Waals surface area contributed by atoms with Crippen LogP contribution in [-0.2, 0) is 48.1 Å². The number of ether oxygens (including phenoxy) is 1. The van der Waals surface area contributed by atoms with Gasteiger partial charge in [-0.3, -0.25) is 4.57 Å². The van der Waals surface area contributed by atoms with Crippen LogP contribution in [0.15, 0.2) is 168 Å². The minimum Gasteiger partial charge on any atom is -0.510 e. The Morgan fingerprint density at radius 2 is 1.23 bits per heavy atom. The summed E-state index contributed by atoms with van der Waals surface area (Å²) in [7, 11) is 0. The van der Waals surface area contributed by atoms with Crippen molar-refractivity contribution in [2.75, 3.05) is 0 Å². The Balaban J connectivity index is 0.0000123. The molecule has 0 saturated carbocycles. The molecule has 0 spiro atoms. The van der Waals surface area contributed by atoms with Crippen LogP contribution in [0.5, 0.6) is 11.5 Å². The molecule has 7 heteroatoms. The molecule has 6 nitrogen and oxygen atoms in total. The summed E-state index contributed by atoms with van der Waals surface area (Å²) in [6.07, 6.45) is -14.6. The Bertz CT molecular complexity index is 5980. The van der Waals surface area contributed by atoms with Crippen LogP contribution in [0.25, 0.3) is 94.2 Å². The van der Waals surface area contributed by atoms with E-state index in [0.717, 1.165) is 44.6 Å². The Kier molecular flexibility index (Phi) is 5.86. The number of nitrogens with zero attached hydrogens (tertiary/aromatic N) is 4. The van der Waals surface area contributed by atoms with Crippen LogP contribution in [0, 0.1) is 18.5 Å². The van der Waals surface area contributed by atoms with Crippen molar-refractivity contribution in [2.24, 2.45) is 0 Å². The van der Waals surface area contributed by atoms with Gasteiger partial charge in [-0.15, -0.1) is 29.7 Å². The standard InChI is InChI=1S/C74H68N4O2.Pt/c1-70(2,3)48-34-39-75-66(42-48)78-61-24-14-12-20-54(61)55-29-28-51(44-63(55)78)79-50-19-16-18-49(43-50)76-45-77(69-62(76)32-33-65-67(69)56-21-13-15-25-64(56)80-65)68-52(46-26-30-57-59(40-46)73(8,9)37-35-71(57,4)5)22-17-23-53(68)47-27-31-58-60(41-47)74(10,11)38-36-72(58,6)7;/h12-34,39-42H,35-38H2,1-11H3;/q-2;/i4D3,5D3,6D3,7D3,8D3,9D3,10D3,11D3,26D,27D,30D,31D,35D2,36D2,37D2,38D2,40D,41D;. The zero-order valence-electron chi connectivity index (χ0n) is 81.0. The summed E-state index contributed by atoms with van der Waals surface area (Å²) in [4.78, 5) is 4.77. The molecule has 8 aromatic carbocycles. The van der Waals surface area contributed by atoms with Crippen molar-refractivity contribution >= 4 is 54.8 Å². The van der Waals surface area contributed by atoms with E-state index in [-0.39, 0.29) is 76.6 Å². The molecule has 2 aliphatic rings. The van der Waals surface area contributed by atoms with Gasteiger partial charge in [0.2, 0.25) is 0 Å². The predicted molar refractivity (Wildman–Crippen MR) is 327 cm³/mol. The number of hydrogen-bond acceptors (Lipinski definition) is 3. The van der Waals surface area contributed by atoms with Gasteiger partial charge in [0, 0.05) is 98.9 Å². The van der Waals surface area contributed by atoms with Crippen LogP contribution in [0.2, 0.25) is 0 Å². The van der Waals surface area contributed by atoms with Gasteiger partial charge in [0.1, 0.15) is 17.0 Å². The molecule has 0 aliphatic heterocycles. The Hall–Kier alpha value is -7.53. The molecule has 2 aliphatic carbocycles. The molecule has 0 amide bonds. The number of fused-ring (bicyclic) bond motifs is 10. The normalized spacial score (nSPS) is 26.8. The average Bonchev–Trinajstić information content (AvgIpc) is 1.15. The van der Waals surface area contributed by atoms with Crippen LogP contribution >= 0.6 is 0 Å². The molecule has 12 aromatic rings. The first-order valence-corrected chi connectivity index (χ1v) is 25.2. The fourth-order valence-electron chi connectivity index (χ4n) is 10.7. The molecule has 0 unspecified atom stereocenters. The van der Waals surface area contributed by atoms with E-state index in [2.05, 4.69) is 39.2 Å². The van der Waals surface area contributed by atoms with E-state index in [1.807, 2.05) is 47.0 Å². The minimum atomic E-state index is -4.88. The van der Waals surface area contributed by atoms with E-state index in [0.29, 0.717) is 11.3 Å². The summed E-state index contributed by atoms with van der Waals surface area (Å²) in [6.45, 7) is -30.5. The largest absolute Gasteiger partial charge is 0.510 e. The summed E-state index contributed by atoms with van der Waals surface area (Å²) in [5, 5.41) is 1.83. The minimum absolute atomic E-state index is 0. The maximum absolute atomic E-state index is 10.6. The summed E-state index contributed by atoms with van der Waals surface area (Å²) < 4.78 is 374. The number of para-hydroxylation sites is 3. The first-order chi connectivity index (χ1) is 53.9. The van der Waals surface area contributed by atoms with Gasteiger partial charge >= 0.3 is 0 Å². The van der Waals surface area contributed by atoms with E-state index in [9.17, 15) is 19.2 Å². The summed E-state index contributed by atoms with van der Waals surface area (Å²) in [5.74, 6) is 0.619. The van der Waals surface area contributed by atoms with Gasteiger partial charge in [0.15, 0.2) is 0 Å². The van der Waals surface area contributed by atoms with Gasteiger partial charge in [0.25, 0.3) is 6.33 Å². The molecular formula is C74H68N4O2Pt-2. The molecular weight excluding hydrogens is 1170 g/mol. The van der Waals surface area contributed by atoms with Gasteiger partial charge in [-0.25, -0.2) is 4.98 Å². The van der Waals surface area contributed by atoms with Crippen LogP contribution in [0.1, 0.15) is 181 Å². The second-order valence-electron chi connectivity index (χ2n) is 21.0. The molecule has 4 aromatic heterocycles. The number of furan rings is 1. The summed E-state index contributed by atoms with van der Waals surface area (Å²) in [5.41, 5.74) is -30.3. The fraction of sp³-hybridized carbons (Fsp3) is 0.270. The van der Waals surface area contributed by atoms with Crippen molar-refractivity contribution in [1.29, 1.82) is 0 Å². The second-order valence-corrected chi connectivity index (χ2v) is 21.0. The van der Waals surface area contributed by atoms with E-state index in [1.165, 1.54) is 41.0 Å². The zero-order valence-corrected chi connectivity index (χ0v) is 45.3. The Morgan fingerprint density at radius 1 is 0.617 bits per heavy atom. The van der Waals surface area contributed by atoms with Crippen molar-refractivity contribution in [1.82, 2.24) is 14.1 Å². The topological polar surface area (TPSA) is 49.0 Å². The molecule has 0 N–H and O–H groups in total. The van der Waals surface area contributed by atoms with Crippen LogP contribution in [0.4, 0.5) is 0 Å². The smallest absolute Gasteiger partial charge is 0.268 e. The number of aromatic nitrogens is 4. The molecule has 4 heterocycles. The predicted octanol–water partition coefficient (Wildman–Crippen LogP) is 18.8. The van der Waals surface area contributed by atoms with Gasteiger partial charge in [-0.05, 0) is 150 Å². The fourth-order valence-corrected chi connectivity index (χ4v) is 10.7. The van der Waals surface area contributed by atoms with E-state index < -0.39 is 188 Å². The van der Waals surface area contributed by atoms with Gasteiger partial charge in [-0.2, -0.15) is 18.2 Å². The van der Waals surface area contributed by atoms with Gasteiger partial charge in [-0.1, -0.05) is 172 Å². The number of hydrogen-bond donors (Lipinski definition) is 0. The Morgan fingerprint density at radius 3 is 1.90 bits per heavy atom. The third-order valence-electron chi connectivity index (χ3n) is 14.6. The third kappa shape index (κ3) is 8.61. The van der Waals surface area contributed by atoms with Crippen molar-refractivity contribution < 1.29 is 86.9 Å². The Labute approximate surface area is 544 Å². The molecule has 0 bridgehead atoms. The van der Waals surface area contributed by atoms with Gasteiger partial charge in [0.05, 0.1) is 24.9 Å². The third-order valence-corrected chi connectivity index (χ3v) is 14.6. The molecule has 0 fully saturated rings. The van der Waals surface area contributed by atoms with Crippen LogP contribution < -0.4 is 9.30 Å². The molecule has 14 rings (SSSR count). The first kappa shape index (κ1) is 25.3. The van der Waals surface area contributed by atoms with E-state index >= 15 is 0 Å².